The molecule has 4 aromatic rings. The molecule has 0 aliphatic rings. The smallest absolute Gasteiger partial charge is 0.0812 e. The highest BCUT2D eigenvalue weighted by Crippen LogP contribution is 2.36. The highest BCUT2D eigenvalue weighted by Gasteiger charge is 2.13. The van der Waals surface area contributed by atoms with Crippen molar-refractivity contribution in [2.75, 3.05) is 0 Å². The van der Waals surface area contributed by atoms with Gasteiger partial charge in [-0.2, -0.15) is 0 Å². The van der Waals surface area contributed by atoms with Crippen LogP contribution < -0.4 is 5.46 Å². The van der Waals surface area contributed by atoms with Crippen LogP contribution in [0, 0.1) is 13.8 Å². The molecule has 0 unspecified atom stereocenters. The zero-order valence-electron chi connectivity index (χ0n) is 13.4. The second-order valence-electron chi connectivity index (χ2n) is 6.20. The van der Waals surface area contributed by atoms with Crippen molar-refractivity contribution < 1.29 is 0 Å². The summed E-state index contributed by atoms with van der Waals surface area (Å²) in [5.74, 6) is 0. The van der Waals surface area contributed by atoms with Gasteiger partial charge in [0.2, 0.25) is 0 Å². The molecule has 0 heterocycles. The summed E-state index contributed by atoms with van der Waals surface area (Å²) in [5, 5.41) is 4.69. The van der Waals surface area contributed by atoms with Gasteiger partial charge >= 0.3 is 0 Å². The number of hydrogen-bond donors (Lipinski definition) is 0. The predicted octanol–water partition coefficient (Wildman–Crippen LogP) is 5.07. The van der Waals surface area contributed by atoms with Crippen LogP contribution in [0.5, 0.6) is 0 Å². The summed E-state index contributed by atoms with van der Waals surface area (Å²) in [6, 6.07) is 23.5. The summed E-state index contributed by atoms with van der Waals surface area (Å²) in [7, 11) is 6.47. The maximum Gasteiger partial charge on any atom is 0.115 e. The number of rotatable bonds is 1. The Hall–Kier alpha value is -2.54. The lowest BCUT2D eigenvalue weighted by Crippen LogP contribution is -2.07. The van der Waals surface area contributed by atoms with Gasteiger partial charge in [0.15, 0.2) is 0 Å². The SMILES string of the molecule is [B]c1c2ccccc2c(-c2cc(C)ccc2C)c2ccccc12. The van der Waals surface area contributed by atoms with Crippen LogP contribution in [0.4, 0.5) is 0 Å². The third kappa shape index (κ3) is 2.16. The van der Waals surface area contributed by atoms with E-state index in [1.165, 1.54) is 33.0 Å². The predicted molar refractivity (Wildman–Crippen MR) is 102 cm³/mol. The summed E-state index contributed by atoms with van der Waals surface area (Å²) in [6.07, 6.45) is 0. The van der Waals surface area contributed by atoms with Gasteiger partial charge in [0.1, 0.15) is 7.85 Å². The highest BCUT2D eigenvalue weighted by molar-refractivity contribution is 6.46. The molecule has 0 spiro atoms. The summed E-state index contributed by atoms with van der Waals surface area (Å²) in [5.41, 5.74) is 6.00. The lowest BCUT2D eigenvalue weighted by Gasteiger charge is -2.17. The van der Waals surface area contributed by atoms with E-state index >= 15 is 0 Å². The number of aryl methyl sites for hydroxylation is 2. The van der Waals surface area contributed by atoms with E-state index in [0.29, 0.717) is 0 Å². The molecule has 1 heteroatoms. The molecule has 0 aromatic heterocycles. The Labute approximate surface area is 138 Å². The molecule has 0 N–H and O–H groups in total. The molecular weight excluding hydrogens is 275 g/mol. The molecule has 4 aromatic carbocycles. The van der Waals surface area contributed by atoms with Crippen LogP contribution in [0.3, 0.4) is 0 Å². The molecule has 0 saturated carbocycles. The first kappa shape index (κ1) is 14.1. The third-order valence-corrected chi connectivity index (χ3v) is 4.64. The van der Waals surface area contributed by atoms with Crippen molar-refractivity contribution in [2.24, 2.45) is 0 Å². The van der Waals surface area contributed by atoms with Crippen LogP contribution in [-0.4, -0.2) is 7.85 Å². The van der Waals surface area contributed by atoms with E-state index in [0.717, 1.165) is 16.2 Å². The summed E-state index contributed by atoms with van der Waals surface area (Å²) in [6.45, 7) is 4.32. The van der Waals surface area contributed by atoms with Gasteiger partial charge in [0, 0.05) is 0 Å². The van der Waals surface area contributed by atoms with Gasteiger partial charge in [-0.3, -0.25) is 0 Å². The Morgan fingerprint density at radius 3 is 1.74 bits per heavy atom. The van der Waals surface area contributed by atoms with Crippen molar-refractivity contribution in [3.63, 3.8) is 0 Å². The zero-order chi connectivity index (χ0) is 16.0. The standard InChI is InChI=1S/C22H17B/c1-14-11-12-15(2)20(13-14)21-16-7-3-5-9-18(16)22(23)19-10-6-4-8-17(19)21/h3-13H,1-2H3. The van der Waals surface area contributed by atoms with E-state index in [9.17, 15) is 0 Å². The average Bonchev–Trinajstić information content (AvgIpc) is 2.58. The van der Waals surface area contributed by atoms with E-state index < -0.39 is 0 Å². The minimum atomic E-state index is 0.866. The lowest BCUT2D eigenvalue weighted by molar-refractivity contribution is 1.40. The van der Waals surface area contributed by atoms with Crippen molar-refractivity contribution in [2.45, 2.75) is 13.8 Å². The Kier molecular flexibility index (Phi) is 3.23. The third-order valence-electron chi connectivity index (χ3n) is 4.64. The molecule has 0 amide bonds. The maximum absolute atomic E-state index is 6.47. The zero-order valence-corrected chi connectivity index (χ0v) is 13.4. The normalized spacial score (nSPS) is 11.2. The summed E-state index contributed by atoms with van der Waals surface area (Å²) in [4.78, 5) is 0. The van der Waals surface area contributed by atoms with Gasteiger partial charge < -0.3 is 0 Å². The molecule has 0 nitrogen and oxygen atoms in total. The molecule has 0 aliphatic carbocycles. The van der Waals surface area contributed by atoms with Crippen molar-refractivity contribution in [1.82, 2.24) is 0 Å². The van der Waals surface area contributed by atoms with Gasteiger partial charge in [0.25, 0.3) is 0 Å². The van der Waals surface area contributed by atoms with Crippen LogP contribution in [0.2, 0.25) is 0 Å². The minimum absolute atomic E-state index is 0.866. The van der Waals surface area contributed by atoms with Crippen LogP contribution >= 0.6 is 0 Å². The Morgan fingerprint density at radius 2 is 1.17 bits per heavy atom. The second-order valence-corrected chi connectivity index (χ2v) is 6.20. The topological polar surface area (TPSA) is 0 Å². The van der Waals surface area contributed by atoms with E-state index in [1.54, 1.807) is 0 Å². The maximum atomic E-state index is 6.47. The monoisotopic (exact) mass is 292 g/mol. The van der Waals surface area contributed by atoms with Crippen LogP contribution in [-0.2, 0) is 0 Å². The van der Waals surface area contributed by atoms with Crippen molar-refractivity contribution in [3.8, 4) is 11.1 Å². The number of hydrogen-bond acceptors (Lipinski definition) is 0. The average molecular weight is 292 g/mol. The van der Waals surface area contributed by atoms with E-state index in [-0.39, 0.29) is 0 Å². The summed E-state index contributed by atoms with van der Waals surface area (Å²) >= 11 is 0. The van der Waals surface area contributed by atoms with Gasteiger partial charge in [-0.05, 0) is 52.1 Å². The Morgan fingerprint density at radius 1 is 0.652 bits per heavy atom. The Bertz CT molecular complexity index is 987. The van der Waals surface area contributed by atoms with E-state index in [1.807, 2.05) is 0 Å². The fourth-order valence-corrected chi connectivity index (χ4v) is 3.46. The minimum Gasteiger partial charge on any atom is -0.0812 e. The largest absolute Gasteiger partial charge is 0.115 e. The van der Waals surface area contributed by atoms with Gasteiger partial charge in [-0.15, -0.1) is 0 Å². The number of benzene rings is 4. The van der Waals surface area contributed by atoms with Crippen LogP contribution in [0.15, 0.2) is 66.7 Å². The Balaban J connectivity index is 2.28. The van der Waals surface area contributed by atoms with Crippen molar-refractivity contribution in [1.29, 1.82) is 0 Å². The van der Waals surface area contributed by atoms with Crippen molar-refractivity contribution in [3.05, 3.63) is 77.9 Å². The van der Waals surface area contributed by atoms with Crippen molar-refractivity contribution >= 4 is 34.9 Å². The first-order valence-electron chi connectivity index (χ1n) is 7.93. The van der Waals surface area contributed by atoms with Gasteiger partial charge in [-0.1, -0.05) is 77.8 Å². The highest BCUT2D eigenvalue weighted by atomic mass is 14.2. The van der Waals surface area contributed by atoms with Gasteiger partial charge in [-0.25, -0.2) is 0 Å². The molecule has 4 rings (SSSR count). The number of fused-ring (bicyclic) bond motifs is 2. The van der Waals surface area contributed by atoms with Crippen LogP contribution in [0.25, 0.3) is 32.7 Å². The quantitative estimate of drug-likeness (QED) is 0.339. The first-order valence-corrected chi connectivity index (χ1v) is 7.93. The molecule has 0 aliphatic heterocycles. The first-order chi connectivity index (χ1) is 11.2. The molecule has 0 bridgehead atoms. The summed E-state index contributed by atoms with van der Waals surface area (Å²) < 4.78 is 0. The van der Waals surface area contributed by atoms with Gasteiger partial charge in [0.05, 0.1) is 0 Å². The fourth-order valence-electron chi connectivity index (χ4n) is 3.46. The molecule has 0 saturated heterocycles. The molecule has 108 valence electrons. The van der Waals surface area contributed by atoms with E-state index in [4.69, 9.17) is 7.85 Å². The van der Waals surface area contributed by atoms with E-state index in [2.05, 4.69) is 80.6 Å². The molecular formula is C22H17B. The lowest BCUT2D eigenvalue weighted by atomic mass is 9.80. The van der Waals surface area contributed by atoms with Crippen LogP contribution in [0.1, 0.15) is 11.1 Å². The molecule has 0 atom stereocenters. The molecule has 0 fully saturated rings. The second kappa shape index (κ2) is 5.28. The molecule has 23 heavy (non-hydrogen) atoms. The molecule has 2 radical (unpaired) electrons. The fraction of sp³-hybridized carbons (Fsp3) is 0.0909.